The van der Waals surface area contributed by atoms with Crippen LogP contribution in [0.4, 0.5) is 0 Å². The minimum Gasteiger partial charge on any atom is -0.493 e. The fourth-order valence-corrected chi connectivity index (χ4v) is 2.71. The zero-order valence-electron chi connectivity index (χ0n) is 8.86. The molecule has 2 atom stereocenters. The zero-order valence-corrected chi connectivity index (χ0v) is 8.86. The van der Waals surface area contributed by atoms with Crippen LogP contribution in [0.15, 0.2) is 36.4 Å². The van der Waals surface area contributed by atoms with Crippen molar-refractivity contribution in [2.45, 2.75) is 25.2 Å². The predicted molar refractivity (Wildman–Crippen MR) is 61.2 cm³/mol. The average Bonchev–Trinajstić information content (AvgIpc) is 2.54. The highest BCUT2D eigenvalue weighted by Crippen LogP contribution is 2.41. The van der Waals surface area contributed by atoms with Gasteiger partial charge in [0.15, 0.2) is 0 Å². The minimum absolute atomic E-state index is 0.595. The Morgan fingerprint density at radius 2 is 2.13 bits per heavy atom. The molecule has 0 radical (unpaired) electrons. The van der Waals surface area contributed by atoms with Crippen molar-refractivity contribution in [3.8, 4) is 5.75 Å². The molecule has 1 aliphatic heterocycles. The van der Waals surface area contributed by atoms with Gasteiger partial charge in [-0.3, -0.25) is 0 Å². The van der Waals surface area contributed by atoms with Gasteiger partial charge < -0.3 is 4.74 Å². The van der Waals surface area contributed by atoms with Crippen molar-refractivity contribution in [3.63, 3.8) is 0 Å². The van der Waals surface area contributed by atoms with Gasteiger partial charge in [0, 0.05) is 17.4 Å². The van der Waals surface area contributed by atoms with Crippen LogP contribution >= 0.6 is 0 Å². The molecular formula is C14H16O. The second-order valence-electron chi connectivity index (χ2n) is 4.49. The third-order valence-electron chi connectivity index (χ3n) is 3.53. The molecule has 2 unspecified atom stereocenters. The lowest BCUT2D eigenvalue weighted by atomic mass is 9.82. The third-order valence-corrected chi connectivity index (χ3v) is 3.53. The molecule has 0 amide bonds. The maximum atomic E-state index is 5.81. The number of benzene rings is 1. The van der Waals surface area contributed by atoms with Crippen molar-refractivity contribution in [1.29, 1.82) is 0 Å². The van der Waals surface area contributed by atoms with E-state index < -0.39 is 0 Å². The smallest absolute Gasteiger partial charge is 0.123 e. The summed E-state index contributed by atoms with van der Waals surface area (Å²) in [6.45, 7) is 0.895. The summed E-state index contributed by atoms with van der Waals surface area (Å²) < 4.78 is 5.81. The first-order valence-corrected chi connectivity index (χ1v) is 5.83. The van der Waals surface area contributed by atoms with Crippen LogP contribution in [0.1, 0.15) is 30.7 Å². The highest BCUT2D eigenvalue weighted by Gasteiger charge is 2.29. The molecule has 0 aromatic heterocycles. The number of para-hydroxylation sites is 1. The Morgan fingerprint density at radius 1 is 1.20 bits per heavy atom. The van der Waals surface area contributed by atoms with Crippen molar-refractivity contribution >= 4 is 0 Å². The number of allylic oxidation sites excluding steroid dienone is 2. The number of rotatable bonds is 0. The zero-order chi connectivity index (χ0) is 10.1. The second kappa shape index (κ2) is 3.73. The van der Waals surface area contributed by atoms with Crippen LogP contribution in [0.2, 0.25) is 0 Å². The van der Waals surface area contributed by atoms with E-state index >= 15 is 0 Å². The van der Waals surface area contributed by atoms with Gasteiger partial charge in [-0.1, -0.05) is 30.4 Å². The number of ether oxygens (including phenoxy) is 1. The van der Waals surface area contributed by atoms with Crippen LogP contribution in [0.3, 0.4) is 0 Å². The molecule has 0 spiro atoms. The molecule has 1 aromatic rings. The Hall–Kier alpha value is -1.24. The van der Waals surface area contributed by atoms with Crippen molar-refractivity contribution in [2.24, 2.45) is 5.92 Å². The van der Waals surface area contributed by atoms with Crippen LogP contribution in [0.5, 0.6) is 5.75 Å². The van der Waals surface area contributed by atoms with Crippen molar-refractivity contribution in [2.75, 3.05) is 6.61 Å². The summed E-state index contributed by atoms with van der Waals surface area (Å²) in [5.74, 6) is 2.38. The van der Waals surface area contributed by atoms with E-state index in [4.69, 9.17) is 4.74 Å². The van der Waals surface area contributed by atoms with Gasteiger partial charge in [0.1, 0.15) is 5.75 Å². The van der Waals surface area contributed by atoms with Crippen LogP contribution in [-0.2, 0) is 0 Å². The fraction of sp³-hybridized carbons (Fsp3) is 0.429. The molecule has 15 heavy (non-hydrogen) atoms. The highest BCUT2D eigenvalue weighted by molar-refractivity contribution is 5.40. The molecule has 0 fully saturated rings. The van der Waals surface area contributed by atoms with Crippen molar-refractivity contribution in [3.05, 3.63) is 42.0 Å². The van der Waals surface area contributed by atoms with E-state index in [1.165, 1.54) is 24.8 Å². The van der Waals surface area contributed by atoms with E-state index in [1.54, 1.807) is 0 Å². The van der Waals surface area contributed by atoms with Gasteiger partial charge in [0.2, 0.25) is 0 Å². The van der Waals surface area contributed by atoms with Gasteiger partial charge >= 0.3 is 0 Å². The summed E-state index contributed by atoms with van der Waals surface area (Å²) in [5, 5.41) is 0. The van der Waals surface area contributed by atoms with Crippen molar-refractivity contribution in [1.82, 2.24) is 0 Å². The summed E-state index contributed by atoms with van der Waals surface area (Å²) in [6, 6.07) is 8.47. The SMILES string of the molecule is C1=CC2c3ccccc3OCC2CCC1. The first-order valence-electron chi connectivity index (χ1n) is 5.83. The van der Waals surface area contributed by atoms with E-state index in [-0.39, 0.29) is 0 Å². The largest absolute Gasteiger partial charge is 0.493 e. The number of hydrogen-bond acceptors (Lipinski definition) is 1. The van der Waals surface area contributed by atoms with E-state index in [9.17, 15) is 0 Å². The van der Waals surface area contributed by atoms with Gasteiger partial charge in [-0.15, -0.1) is 0 Å². The molecule has 1 aliphatic carbocycles. The van der Waals surface area contributed by atoms with E-state index in [1.807, 2.05) is 0 Å². The molecule has 0 saturated carbocycles. The molecule has 1 aromatic carbocycles. The lowest BCUT2D eigenvalue weighted by Crippen LogP contribution is -2.24. The van der Waals surface area contributed by atoms with E-state index in [0.29, 0.717) is 11.8 Å². The molecule has 0 saturated heterocycles. The monoisotopic (exact) mass is 200 g/mol. The van der Waals surface area contributed by atoms with Crippen LogP contribution in [-0.4, -0.2) is 6.61 Å². The van der Waals surface area contributed by atoms with Gasteiger partial charge in [0.25, 0.3) is 0 Å². The highest BCUT2D eigenvalue weighted by atomic mass is 16.5. The molecule has 1 nitrogen and oxygen atoms in total. The topological polar surface area (TPSA) is 9.23 Å². The number of hydrogen-bond donors (Lipinski definition) is 0. The summed E-state index contributed by atoms with van der Waals surface area (Å²) in [4.78, 5) is 0. The summed E-state index contributed by atoms with van der Waals surface area (Å²) in [6.07, 6.45) is 8.57. The minimum atomic E-state index is 0.595. The Kier molecular flexibility index (Phi) is 2.24. The quantitative estimate of drug-likeness (QED) is 0.582. The Bertz CT molecular complexity index is 381. The van der Waals surface area contributed by atoms with Crippen LogP contribution in [0.25, 0.3) is 0 Å². The molecule has 0 bridgehead atoms. The maximum absolute atomic E-state index is 5.81. The molecule has 1 heteroatoms. The Morgan fingerprint density at radius 3 is 3.13 bits per heavy atom. The molecular weight excluding hydrogens is 184 g/mol. The van der Waals surface area contributed by atoms with E-state index in [2.05, 4.69) is 36.4 Å². The Balaban J connectivity index is 2.02. The third kappa shape index (κ3) is 1.56. The van der Waals surface area contributed by atoms with E-state index in [0.717, 1.165) is 12.4 Å². The molecule has 78 valence electrons. The first kappa shape index (κ1) is 9.02. The summed E-state index contributed by atoms with van der Waals surface area (Å²) >= 11 is 0. The summed E-state index contributed by atoms with van der Waals surface area (Å²) in [7, 11) is 0. The van der Waals surface area contributed by atoms with Crippen molar-refractivity contribution < 1.29 is 4.74 Å². The van der Waals surface area contributed by atoms with Crippen LogP contribution < -0.4 is 4.74 Å². The second-order valence-corrected chi connectivity index (χ2v) is 4.49. The fourth-order valence-electron chi connectivity index (χ4n) is 2.71. The lowest BCUT2D eigenvalue weighted by Gasteiger charge is -2.31. The molecule has 2 aliphatic rings. The normalized spacial score (nSPS) is 28.5. The molecule has 0 N–H and O–H groups in total. The summed E-state index contributed by atoms with van der Waals surface area (Å²) in [5.41, 5.74) is 1.38. The van der Waals surface area contributed by atoms with Gasteiger partial charge in [-0.25, -0.2) is 0 Å². The average molecular weight is 200 g/mol. The molecule has 3 rings (SSSR count). The van der Waals surface area contributed by atoms with Gasteiger partial charge in [-0.2, -0.15) is 0 Å². The molecule has 1 heterocycles. The maximum Gasteiger partial charge on any atom is 0.123 e. The predicted octanol–water partition coefficient (Wildman–Crippen LogP) is 3.52. The van der Waals surface area contributed by atoms with Gasteiger partial charge in [-0.05, 0) is 25.3 Å². The Labute approximate surface area is 90.8 Å². The van der Waals surface area contributed by atoms with Gasteiger partial charge in [0.05, 0.1) is 6.61 Å². The van der Waals surface area contributed by atoms with Crippen LogP contribution in [0, 0.1) is 5.92 Å². The first-order chi connectivity index (χ1) is 7.45. The lowest BCUT2D eigenvalue weighted by molar-refractivity contribution is 0.200. The number of fused-ring (bicyclic) bond motifs is 3. The standard InChI is InChI=1S/C14H16O/c1-2-6-11-10-15-14-9-5-4-8-13(14)12(11)7-3-1/h3-5,7-9,11-12H,1-2,6,10H2.